The van der Waals surface area contributed by atoms with Crippen molar-refractivity contribution >= 4 is 0 Å². The van der Waals surface area contributed by atoms with Crippen LogP contribution in [-0.4, -0.2) is 31.0 Å². The molecule has 0 heterocycles. The summed E-state index contributed by atoms with van der Waals surface area (Å²) in [5.41, 5.74) is 0. The third-order valence-electron chi connectivity index (χ3n) is 2.02. The van der Waals surface area contributed by atoms with Crippen molar-refractivity contribution in [2.75, 3.05) is 7.11 Å². The van der Waals surface area contributed by atoms with Crippen LogP contribution in [0.5, 0.6) is 0 Å². The molecule has 0 bridgehead atoms. The van der Waals surface area contributed by atoms with E-state index in [1.165, 1.54) is 0 Å². The van der Waals surface area contributed by atoms with Gasteiger partial charge in [0.25, 0.3) is 0 Å². The molecule has 1 nitrogen and oxygen atoms in total. The zero-order valence-corrected chi connectivity index (χ0v) is 7.21. The first kappa shape index (κ1) is 12.3. The molecular formula is C7H5F7O. The summed E-state index contributed by atoms with van der Waals surface area (Å²) in [4.78, 5) is 0. The van der Waals surface area contributed by atoms with Gasteiger partial charge in [-0.3, -0.25) is 0 Å². The molecule has 0 amide bonds. The van der Waals surface area contributed by atoms with Crippen molar-refractivity contribution in [3.63, 3.8) is 0 Å². The van der Waals surface area contributed by atoms with Crippen LogP contribution in [0, 0.1) is 0 Å². The normalized spacial score (nSPS) is 32.3. The van der Waals surface area contributed by atoms with Crippen molar-refractivity contribution < 1.29 is 35.5 Å². The van der Waals surface area contributed by atoms with Gasteiger partial charge in [-0.15, -0.1) is 0 Å². The zero-order valence-electron chi connectivity index (χ0n) is 7.21. The number of halogens is 7. The molecule has 0 aromatic carbocycles. The van der Waals surface area contributed by atoms with Gasteiger partial charge in [-0.1, -0.05) is 0 Å². The van der Waals surface area contributed by atoms with E-state index in [4.69, 9.17) is 0 Å². The first-order valence-corrected chi connectivity index (χ1v) is 3.63. The highest BCUT2D eigenvalue weighted by molar-refractivity contribution is 5.24. The van der Waals surface area contributed by atoms with E-state index >= 15 is 0 Å². The molecule has 1 aliphatic carbocycles. The summed E-state index contributed by atoms with van der Waals surface area (Å²) in [6.07, 6.45) is -3.07. The van der Waals surface area contributed by atoms with Crippen LogP contribution in [0.4, 0.5) is 30.7 Å². The van der Waals surface area contributed by atoms with Gasteiger partial charge in [0, 0.05) is 7.11 Å². The van der Waals surface area contributed by atoms with Crippen molar-refractivity contribution in [1.82, 2.24) is 0 Å². The summed E-state index contributed by atoms with van der Waals surface area (Å²) in [7, 11) is 0.585. The smallest absolute Gasteiger partial charge is 0.371 e. The largest absolute Gasteiger partial charge is 0.381 e. The molecule has 1 atom stereocenters. The molecule has 0 radical (unpaired) electrons. The van der Waals surface area contributed by atoms with Crippen LogP contribution in [-0.2, 0) is 4.74 Å². The van der Waals surface area contributed by atoms with Crippen molar-refractivity contribution in [3.05, 3.63) is 11.9 Å². The van der Waals surface area contributed by atoms with E-state index in [-0.39, 0.29) is 6.08 Å². The first-order chi connectivity index (χ1) is 6.59. The molecule has 0 aliphatic heterocycles. The zero-order chi connectivity index (χ0) is 12.1. The minimum atomic E-state index is -5.82. The number of alkyl halides is 6. The SMILES string of the molecule is COC1C=C(F)C(F)(F)C(F)(F)C1(F)F. The lowest BCUT2D eigenvalue weighted by molar-refractivity contribution is -0.329. The van der Waals surface area contributed by atoms with E-state index < -0.39 is 29.7 Å². The minimum Gasteiger partial charge on any atom is -0.371 e. The number of rotatable bonds is 1. The Bertz CT molecular complexity index is 296. The van der Waals surface area contributed by atoms with Crippen LogP contribution < -0.4 is 0 Å². The van der Waals surface area contributed by atoms with E-state index in [2.05, 4.69) is 4.74 Å². The van der Waals surface area contributed by atoms with Crippen molar-refractivity contribution in [1.29, 1.82) is 0 Å². The fraction of sp³-hybridized carbons (Fsp3) is 0.714. The quantitative estimate of drug-likeness (QED) is 0.638. The molecule has 88 valence electrons. The lowest BCUT2D eigenvalue weighted by Gasteiger charge is -2.38. The molecule has 0 saturated heterocycles. The Balaban J connectivity index is 3.34. The lowest BCUT2D eigenvalue weighted by Crippen LogP contribution is -2.62. The number of methoxy groups -OCH3 is 1. The van der Waals surface area contributed by atoms with Gasteiger partial charge in [-0.05, 0) is 6.08 Å². The van der Waals surface area contributed by atoms with E-state index in [0.29, 0.717) is 7.11 Å². The molecule has 1 aliphatic rings. The molecule has 0 aromatic rings. The highest BCUT2D eigenvalue weighted by atomic mass is 19.3. The minimum absolute atomic E-state index is 0.350. The summed E-state index contributed by atoms with van der Waals surface area (Å²) in [5.74, 6) is -19.1. The molecule has 0 aromatic heterocycles. The molecular weight excluding hydrogens is 233 g/mol. The maximum Gasteiger partial charge on any atom is 0.381 e. The van der Waals surface area contributed by atoms with E-state index in [1.807, 2.05) is 0 Å². The van der Waals surface area contributed by atoms with Crippen molar-refractivity contribution in [2.24, 2.45) is 0 Å². The molecule has 1 rings (SSSR count). The number of hydrogen-bond acceptors (Lipinski definition) is 1. The van der Waals surface area contributed by atoms with E-state index in [1.54, 1.807) is 0 Å². The Morgan fingerprint density at radius 3 is 2.00 bits per heavy atom. The topological polar surface area (TPSA) is 9.23 Å². The van der Waals surface area contributed by atoms with E-state index in [9.17, 15) is 30.7 Å². The monoisotopic (exact) mass is 238 g/mol. The van der Waals surface area contributed by atoms with E-state index in [0.717, 1.165) is 0 Å². The average molecular weight is 238 g/mol. The Hall–Kier alpha value is -0.790. The van der Waals surface area contributed by atoms with Crippen LogP contribution in [0.2, 0.25) is 0 Å². The van der Waals surface area contributed by atoms with Crippen LogP contribution in [0.25, 0.3) is 0 Å². The predicted octanol–water partition coefficient (Wildman–Crippen LogP) is 2.77. The van der Waals surface area contributed by atoms with Gasteiger partial charge < -0.3 is 4.74 Å². The summed E-state index contributed by atoms with van der Waals surface area (Å²) in [5, 5.41) is 0. The standard InChI is InChI=1S/C7H5F7O/c1-15-4-2-3(8)5(9,10)7(13,14)6(4,11)12/h2,4H,1H3. The predicted molar refractivity (Wildman–Crippen MR) is 34.8 cm³/mol. The van der Waals surface area contributed by atoms with Gasteiger partial charge in [-0.25, -0.2) is 4.39 Å². The number of hydrogen-bond donors (Lipinski definition) is 0. The molecule has 15 heavy (non-hydrogen) atoms. The summed E-state index contributed by atoms with van der Waals surface area (Å²) < 4.78 is 91.9. The maximum absolute atomic E-state index is 12.7. The maximum atomic E-state index is 12.7. The van der Waals surface area contributed by atoms with Gasteiger partial charge in [0.2, 0.25) is 0 Å². The fourth-order valence-corrected chi connectivity index (χ4v) is 1.10. The molecule has 1 unspecified atom stereocenters. The van der Waals surface area contributed by atoms with Gasteiger partial charge in [0.1, 0.15) is 6.10 Å². The summed E-state index contributed by atoms with van der Waals surface area (Å²) >= 11 is 0. The van der Waals surface area contributed by atoms with Gasteiger partial charge in [-0.2, -0.15) is 26.3 Å². The highest BCUT2D eigenvalue weighted by Gasteiger charge is 2.78. The highest BCUT2D eigenvalue weighted by Crippen LogP contribution is 2.54. The first-order valence-electron chi connectivity index (χ1n) is 3.63. The second-order valence-corrected chi connectivity index (χ2v) is 2.94. The van der Waals surface area contributed by atoms with Gasteiger partial charge >= 0.3 is 17.8 Å². The average Bonchev–Trinajstić information content (AvgIpc) is 2.10. The fourth-order valence-electron chi connectivity index (χ4n) is 1.10. The van der Waals surface area contributed by atoms with Crippen LogP contribution >= 0.6 is 0 Å². The van der Waals surface area contributed by atoms with Gasteiger partial charge in [0.05, 0.1) is 0 Å². The number of allylic oxidation sites excluding steroid dienone is 1. The molecule has 0 saturated carbocycles. The Morgan fingerprint density at radius 1 is 1.13 bits per heavy atom. The Morgan fingerprint density at radius 2 is 1.60 bits per heavy atom. The second-order valence-electron chi connectivity index (χ2n) is 2.94. The van der Waals surface area contributed by atoms with Crippen LogP contribution in [0.1, 0.15) is 0 Å². The van der Waals surface area contributed by atoms with Crippen LogP contribution in [0.15, 0.2) is 11.9 Å². The second kappa shape index (κ2) is 3.10. The summed E-state index contributed by atoms with van der Waals surface area (Å²) in [6.45, 7) is 0. The Kier molecular flexibility index (Phi) is 2.54. The number of ether oxygens (including phenoxy) is 1. The Labute approximate surface area is 79.5 Å². The molecule has 0 fully saturated rings. The molecule has 0 N–H and O–H groups in total. The van der Waals surface area contributed by atoms with Crippen LogP contribution in [0.3, 0.4) is 0 Å². The third kappa shape index (κ3) is 1.34. The molecule has 0 spiro atoms. The van der Waals surface area contributed by atoms with Gasteiger partial charge in [0.15, 0.2) is 5.83 Å². The van der Waals surface area contributed by atoms with Crippen molar-refractivity contribution in [3.8, 4) is 0 Å². The summed E-state index contributed by atoms with van der Waals surface area (Å²) in [6, 6.07) is 0. The molecule has 8 heteroatoms. The lowest BCUT2D eigenvalue weighted by atomic mass is 9.92. The van der Waals surface area contributed by atoms with Crippen molar-refractivity contribution in [2.45, 2.75) is 23.9 Å². The third-order valence-corrected chi connectivity index (χ3v) is 2.02.